The second-order valence-electron chi connectivity index (χ2n) is 12.1. The molecule has 8 atom stereocenters. The average molecular weight is 489 g/mol. The Bertz CT molecular complexity index is 1000. The SMILES string of the molecule is CC[C@H](C)C(=O)[C@@H](C)C1=CC(=O)C2=C(O[C@]3(C)CC[C@H]4O[C@@H](C(C)(C)O)CC(O)[C@]4(C)[C@H]3C2)C1=O. The van der Waals surface area contributed by atoms with Crippen molar-refractivity contribution in [2.45, 2.75) is 110 Å². The minimum Gasteiger partial charge on any atom is -0.483 e. The molecular weight excluding hydrogens is 448 g/mol. The number of aliphatic hydroxyl groups is 2. The van der Waals surface area contributed by atoms with Gasteiger partial charge >= 0.3 is 0 Å². The second kappa shape index (κ2) is 8.63. The molecule has 35 heavy (non-hydrogen) atoms. The molecule has 1 saturated carbocycles. The summed E-state index contributed by atoms with van der Waals surface area (Å²) in [7, 11) is 0. The lowest BCUT2D eigenvalue weighted by Crippen LogP contribution is -2.67. The molecule has 4 aliphatic rings. The zero-order valence-electron chi connectivity index (χ0n) is 22.0. The molecule has 2 fully saturated rings. The molecule has 194 valence electrons. The van der Waals surface area contributed by atoms with Crippen LogP contribution in [0.25, 0.3) is 0 Å². The summed E-state index contributed by atoms with van der Waals surface area (Å²) in [6.07, 6.45) is 2.19. The van der Waals surface area contributed by atoms with Crippen molar-refractivity contribution in [3.63, 3.8) is 0 Å². The summed E-state index contributed by atoms with van der Waals surface area (Å²) in [5.41, 5.74) is -2.03. The highest BCUT2D eigenvalue weighted by Gasteiger charge is 2.64. The van der Waals surface area contributed by atoms with Crippen LogP contribution in [0.1, 0.15) is 80.6 Å². The molecule has 0 amide bonds. The smallest absolute Gasteiger partial charge is 0.224 e. The van der Waals surface area contributed by atoms with Crippen LogP contribution in [0.5, 0.6) is 0 Å². The van der Waals surface area contributed by atoms with Crippen LogP contribution in [0.2, 0.25) is 0 Å². The number of hydrogen-bond donors (Lipinski definition) is 2. The minimum absolute atomic E-state index is 0.0549. The van der Waals surface area contributed by atoms with Gasteiger partial charge in [-0.1, -0.05) is 27.7 Å². The predicted molar refractivity (Wildman–Crippen MR) is 129 cm³/mol. The Hall–Kier alpha value is -1.83. The summed E-state index contributed by atoms with van der Waals surface area (Å²) < 4.78 is 12.7. The van der Waals surface area contributed by atoms with Crippen LogP contribution >= 0.6 is 0 Å². The van der Waals surface area contributed by atoms with Crippen molar-refractivity contribution in [1.29, 1.82) is 0 Å². The number of ketones is 3. The van der Waals surface area contributed by atoms with Gasteiger partial charge in [-0.3, -0.25) is 14.4 Å². The van der Waals surface area contributed by atoms with Crippen molar-refractivity contribution in [1.82, 2.24) is 0 Å². The van der Waals surface area contributed by atoms with Crippen molar-refractivity contribution in [2.75, 3.05) is 0 Å². The molecule has 1 saturated heterocycles. The van der Waals surface area contributed by atoms with Crippen molar-refractivity contribution in [2.24, 2.45) is 23.2 Å². The lowest BCUT2D eigenvalue weighted by molar-refractivity contribution is -0.279. The number of carbonyl (C=O) groups is 3. The summed E-state index contributed by atoms with van der Waals surface area (Å²) in [4.78, 5) is 39.5. The molecule has 2 heterocycles. The summed E-state index contributed by atoms with van der Waals surface area (Å²) in [5.74, 6) is -1.79. The normalized spacial score (nSPS) is 39.1. The van der Waals surface area contributed by atoms with Gasteiger partial charge in [0.25, 0.3) is 0 Å². The second-order valence-corrected chi connectivity index (χ2v) is 12.1. The van der Waals surface area contributed by atoms with E-state index >= 15 is 0 Å². The molecule has 2 N–H and O–H groups in total. The van der Waals surface area contributed by atoms with Gasteiger partial charge in [-0.25, -0.2) is 0 Å². The van der Waals surface area contributed by atoms with Crippen LogP contribution in [0, 0.1) is 23.2 Å². The zero-order valence-corrected chi connectivity index (χ0v) is 22.0. The maximum atomic E-state index is 13.5. The Morgan fingerprint density at radius 2 is 1.91 bits per heavy atom. The van der Waals surface area contributed by atoms with Gasteiger partial charge in [-0.2, -0.15) is 0 Å². The molecule has 2 aliphatic carbocycles. The topological polar surface area (TPSA) is 110 Å². The number of hydrogen-bond acceptors (Lipinski definition) is 7. The van der Waals surface area contributed by atoms with Gasteiger partial charge in [0.1, 0.15) is 11.4 Å². The van der Waals surface area contributed by atoms with Crippen LogP contribution in [0.3, 0.4) is 0 Å². The Balaban J connectivity index is 1.66. The summed E-state index contributed by atoms with van der Waals surface area (Å²) in [5, 5.41) is 21.9. The summed E-state index contributed by atoms with van der Waals surface area (Å²) in [6.45, 7) is 12.7. The minimum atomic E-state index is -1.09. The Labute approximate surface area is 207 Å². The molecule has 7 nitrogen and oxygen atoms in total. The molecule has 0 aromatic heterocycles. The van der Waals surface area contributed by atoms with E-state index in [2.05, 4.69) is 0 Å². The van der Waals surface area contributed by atoms with Gasteiger partial charge in [0.2, 0.25) is 5.78 Å². The van der Waals surface area contributed by atoms with E-state index in [9.17, 15) is 24.6 Å². The molecule has 0 radical (unpaired) electrons. The molecule has 2 aliphatic heterocycles. The van der Waals surface area contributed by atoms with Crippen LogP contribution < -0.4 is 0 Å². The highest BCUT2D eigenvalue weighted by atomic mass is 16.5. The van der Waals surface area contributed by atoms with Crippen LogP contribution in [-0.4, -0.2) is 57.1 Å². The lowest BCUT2D eigenvalue weighted by Gasteiger charge is -2.62. The molecule has 0 spiro atoms. The van der Waals surface area contributed by atoms with Crippen molar-refractivity contribution >= 4 is 17.3 Å². The van der Waals surface area contributed by atoms with E-state index in [0.29, 0.717) is 31.3 Å². The van der Waals surface area contributed by atoms with Gasteiger partial charge in [-0.15, -0.1) is 0 Å². The van der Waals surface area contributed by atoms with Crippen molar-refractivity contribution in [3.05, 3.63) is 23.0 Å². The Kier molecular flexibility index (Phi) is 6.47. The largest absolute Gasteiger partial charge is 0.483 e. The van der Waals surface area contributed by atoms with E-state index in [4.69, 9.17) is 9.47 Å². The summed E-state index contributed by atoms with van der Waals surface area (Å²) >= 11 is 0. The fourth-order valence-corrected chi connectivity index (χ4v) is 6.69. The van der Waals surface area contributed by atoms with Gasteiger partial charge in [0, 0.05) is 40.7 Å². The number of allylic oxidation sites excluding steroid dienone is 3. The predicted octanol–water partition coefficient (Wildman–Crippen LogP) is 3.45. The van der Waals surface area contributed by atoms with E-state index in [1.54, 1.807) is 20.8 Å². The standard InChI is InChI=1S/C28H40O7/c1-8-14(2)23(31)15(3)16-11-18(29)17-12-19-27(6,35-25(17)24(16)32)10-9-21-28(19,7)20(30)13-22(34-21)26(4,5)33/h11,14-15,19-22,30,33H,8-10,12-13H2,1-7H3/t14-,15-,19-,20?,21+,22+,27+,28-/m0/s1. The first-order valence-corrected chi connectivity index (χ1v) is 13.0. The number of ether oxygens (including phenoxy) is 2. The first kappa shape index (κ1) is 26.2. The van der Waals surface area contributed by atoms with Gasteiger partial charge in [-0.05, 0) is 52.5 Å². The van der Waals surface area contributed by atoms with E-state index in [-0.39, 0.29) is 53.0 Å². The third-order valence-electron chi connectivity index (χ3n) is 9.42. The molecule has 0 aromatic carbocycles. The molecule has 0 bridgehead atoms. The number of rotatable bonds is 5. The number of carbonyl (C=O) groups excluding carboxylic acids is 3. The van der Waals surface area contributed by atoms with E-state index < -0.39 is 34.7 Å². The highest BCUT2D eigenvalue weighted by Crippen LogP contribution is 2.59. The van der Waals surface area contributed by atoms with Crippen LogP contribution in [0.4, 0.5) is 0 Å². The molecule has 4 rings (SSSR count). The maximum absolute atomic E-state index is 13.5. The number of aliphatic hydroxyl groups excluding tert-OH is 1. The maximum Gasteiger partial charge on any atom is 0.224 e. The van der Waals surface area contributed by atoms with Gasteiger partial charge in [0.05, 0.1) is 23.9 Å². The highest BCUT2D eigenvalue weighted by molar-refractivity contribution is 6.23. The molecule has 7 heteroatoms. The van der Waals surface area contributed by atoms with E-state index in [1.807, 2.05) is 27.7 Å². The number of fused-ring (bicyclic) bond motifs is 3. The van der Waals surface area contributed by atoms with Crippen LogP contribution in [0.15, 0.2) is 23.0 Å². The van der Waals surface area contributed by atoms with Crippen LogP contribution in [-0.2, 0) is 23.9 Å². The van der Waals surface area contributed by atoms with E-state index in [0.717, 1.165) is 0 Å². The Morgan fingerprint density at radius 1 is 1.26 bits per heavy atom. The average Bonchev–Trinajstić information content (AvgIpc) is 2.79. The monoisotopic (exact) mass is 488 g/mol. The third-order valence-corrected chi connectivity index (χ3v) is 9.42. The number of Topliss-reactive ketones (excluding diaryl/α,β-unsaturated/α-hetero) is 2. The molecule has 0 aromatic rings. The molecule has 1 unspecified atom stereocenters. The zero-order chi connectivity index (χ0) is 26.1. The first-order chi connectivity index (χ1) is 16.1. The Morgan fingerprint density at radius 3 is 2.51 bits per heavy atom. The fraction of sp³-hybridized carbons (Fsp3) is 0.750. The van der Waals surface area contributed by atoms with Crippen molar-refractivity contribution < 1.29 is 34.1 Å². The van der Waals surface area contributed by atoms with Crippen molar-refractivity contribution in [3.8, 4) is 0 Å². The molecular formula is C28H40O7. The summed E-state index contributed by atoms with van der Waals surface area (Å²) in [6, 6.07) is 0. The lowest BCUT2D eigenvalue weighted by atomic mass is 9.52. The van der Waals surface area contributed by atoms with E-state index in [1.165, 1.54) is 6.08 Å². The fourth-order valence-electron chi connectivity index (χ4n) is 6.69. The van der Waals surface area contributed by atoms with Gasteiger partial charge < -0.3 is 19.7 Å². The third kappa shape index (κ3) is 4.04. The van der Waals surface area contributed by atoms with Gasteiger partial charge in [0.15, 0.2) is 11.5 Å². The quantitative estimate of drug-likeness (QED) is 0.570. The first-order valence-electron chi connectivity index (χ1n) is 13.0.